The molecule has 2 rings (SSSR count). The van der Waals surface area contributed by atoms with Crippen molar-refractivity contribution in [3.8, 4) is 0 Å². The third-order valence-corrected chi connectivity index (χ3v) is 3.30. The Bertz CT molecular complexity index is 513. The number of nitrogens with zero attached hydrogens (tertiary/aromatic N) is 1. The maximum Gasteiger partial charge on any atom is 0.131 e. The predicted octanol–water partition coefficient (Wildman–Crippen LogP) is 4.54. The molecule has 1 N–H and O–H groups in total. The number of halogens is 2. The molecular weight excluding hydrogens is 312 g/mol. The Hall–Kier alpha value is -1.06. The Labute approximate surface area is 121 Å². The minimum absolute atomic E-state index is 0.303. The Morgan fingerprint density at radius 3 is 2.61 bits per heavy atom. The molecule has 0 radical (unpaired) electrons. The molecule has 0 saturated heterocycles. The first-order valence-electron chi connectivity index (χ1n) is 5.77. The molecule has 1 atom stereocenters. The van der Waals surface area contributed by atoms with Gasteiger partial charge in [-0.1, -0.05) is 45.7 Å². The molecule has 18 heavy (non-hydrogen) atoms. The van der Waals surface area contributed by atoms with E-state index in [1.807, 2.05) is 12.1 Å². The van der Waals surface area contributed by atoms with Gasteiger partial charge in [-0.25, -0.2) is 4.98 Å². The molecule has 0 bridgehead atoms. The molecule has 0 fully saturated rings. The molecule has 0 aliphatic heterocycles. The van der Waals surface area contributed by atoms with Crippen LogP contribution in [0.25, 0.3) is 0 Å². The molecule has 0 amide bonds. The van der Waals surface area contributed by atoms with Crippen molar-refractivity contribution >= 4 is 33.3 Å². The summed E-state index contributed by atoms with van der Waals surface area (Å²) in [6.45, 7) is 2.13. The van der Waals surface area contributed by atoms with Crippen molar-refractivity contribution in [3.05, 3.63) is 57.7 Å². The van der Waals surface area contributed by atoms with Crippen LogP contribution >= 0.6 is 27.5 Å². The van der Waals surface area contributed by atoms with Crippen LogP contribution < -0.4 is 5.32 Å². The SMILES string of the molecule is CC(Cc1ccc(Br)cc1)Nc1cccc(Cl)n1. The predicted molar refractivity (Wildman–Crippen MR) is 80.2 cm³/mol. The van der Waals surface area contributed by atoms with Gasteiger partial charge >= 0.3 is 0 Å². The molecule has 94 valence electrons. The monoisotopic (exact) mass is 324 g/mol. The maximum atomic E-state index is 5.85. The highest BCUT2D eigenvalue weighted by atomic mass is 79.9. The average Bonchev–Trinajstić information content (AvgIpc) is 2.32. The van der Waals surface area contributed by atoms with E-state index in [0.29, 0.717) is 11.2 Å². The topological polar surface area (TPSA) is 24.9 Å². The lowest BCUT2D eigenvalue weighted by molar-refractivity contribution is 0.784. The molecule has 1 unspecified atom stereocenters. The van der Waals surface area contributed by atoms with Gasteiger partial charge in [0.15, 0.2) is 0 Å². The van der Waals surface area contributed by atoms with Gasteiger partial charge in [-0.05, 0) is 43.2 Å². The summed E-state index contributed by atoms with van der Waals surface area (Å²) < 4.78 is 1.10. The van der Waals surface area contributed by atoms with E-state index >= 15 is 0 Å². The van der Waals surface area contributed by atoms with Crippen LogP contribution in [-0.4, -0.2) is 11.0 Å². The summed E-state index contributed by atoms with van der Waals surface area (Å²) in [5, 5.41) is 3.85. The molecule has 0 spiro atoms. The summed E-state index contributed by atoms with van der Waals surface area (Å²) in [6, 6.07) is 14.2. The van der Waals surface area contributed by atoms with E-state index in [9.17, 15) is 0 Å². The van der Waals surface area contributed by atoms with Gasteiger partial charge in [0.25, 0.3) is 0 Å². The lowest BCUT2D eigenvalue weighted by Crippen LogP contribution is -2.18. The van der Waals surface area contributed by atoms with Crippen molar-refractivity contribution in [2.24, 2.45) is 0 Å². The Morgan fingerprint density at radius 1 is 1.22 bits per heavy atom. The number of anilines is 1. The van der Waals surface area contributed by atoms with E-state index in [4.69, 9.17) is 11.6 Å². The van der Waals surface area contributed by atoms with E-state index in [2.05, 4.69) is 57.4 Å². The third-order valence-electron chi connectivity index (χ3n) is 2.56. The largest absolute Gasteiger partial charge is 0.367 e. The van der Waals surface area contributed by atoms with Crippen molar-refractivity contribution in [2.75, 3.05) is 5.32 Å². The summed E-state index contributed by atoms with van der Waals surface area (Å²) in [7, 11) is 0. The molecule has 2 aromatic rings. The van der Waals surface area contributed by atoms with Gasteiger partial charge in [-0.3, -0.25) is 0 Å². The minimum atomic E-state index is 0.303. The third kappa shape index (κ3) is 4.00. The molecule has 1 heterocycles. The number of aromatic nitrogens is 1. The summed E-state index contributed by atoms with van der Waals surface area (Å²) in [4.78, 5) is 4.22. The highest BCUT2D eigenvalue weighted by molar-refractivity contribution is 9.10. The van der Waals surface area contributed by atoms with Crippen molar-refractivity contribution in [3.63, 3.8) is 0 Å². The normalized spacial score (nSPS) is 12.2. The van der Waals surface area contributed by atoms with Crippen LogP contribution in [0.4, 0.5) is 5.82 Å². The molecule has 2 nitrogen and oxygen atoms in total. The van der Waals surface area contributed by atoms with Crippen LogP contribution in [0.1, 0.15) is 12.5 Å². The minimum Gasteiger partial charge on any atom is -0.367 e. The molecule has 0 aliphatic rings. The zero-order chi connectivity index (χ0) is 13.0. The van der Waals surface area contributed by atoms with Crippen molar-refractivity contribution < 1.29 is 0 Å². The number of hydrogen-bond donors (Lipinski definition) is 1. The van der Waals surface area contributed by atoms with E-state index < -0.39 is 0 Å². The van der Waals surface area contributed by atoms with Crippen molar-refractivity contribution in [2.45, 2.75) is 19.4 Å². The highest BCUT2D eigenvalue weighted by Gasteiger charge is 2.04. The summed E-state index contributed by atoms with van der Waals surface area (Å²) in [5.41, 5.74) is 1.29. The maximum absolute atomic E-state index is 5.85. The lowest BCUT2D eigenvalue weighted by atomic mass is 10.1. The smallest absolute Gasteiger partial charge is 0.131 e. The lowest BCUT2D eigenvalue weighted by Gasteiger charge is -2.14. The zero-order valence-corrected chi connectivity index (χ0v) is 12.4. The first-order valence-corrected chi connectivity index (χ1v) is 6.94. The Kier molecular flexibility index (Phi) is 4.61. The molecule has 1 aromatic carbocycles. The zero-order valence-electron chi connectivity index (χ0n) is 10.0. The number of rotatable bonds is 4. The van der Waals surface area contributed by atoms with E-state index in [1.165, 1.54) is 5.56 Å². The molecule has 0 saturated carbocycles. The van der Waals surface area contributed by atoms with Crippen LogP contribution in [0.15, 0.2) is 46.9 Å². The second-order valence-electron chi connectivity index (χ2n) is 4.22. The van der Waals surface area contributed by atoms with Crippen molar-refractivity contribution in [1.82, 2.24) is 4.98 Å². The van der Waals surface area contributed by atoms with E-state index in [-0.39, 0.29) is 0 Å². The summed E-state index contributed by atoms with van der Waals surface area (Å²) in [6.07, 6.45) is 0.946. The number of benzene rings is 1. The van der Waals surface area contributed by atoms with Crippen LogP contribution in [-0.2, 0) is 6.42 Å². The van der Waals surface area contributed by atoms with E-state index in [0.717, 1.165) is 16.7 Å². The highest BCUT2D eigenvalue weighted by Crippen LogP contribution is 2.14. The number of pyridine rings is 1. The van der Waals surface area contributed by atoms with Gasteiger partial charge in [-0.2, -0.15) is 0 Å². The van der Waals surface area contributed by atoms with Gasteiger partial charge in [0.1, 0.15) is 11.0 Å². The standard InChI is InChI=1S/C14H14BrClN2/c1-10(9-11-5-7-12(15)8-6-11)17-14-4-2-3-13(16)18-14/h2-8,10H,9H2,1H3,(H,17,18). The van der Waals surface area contributed by atoms with Crippen molar-refractivity contribution in [1.29, 1.82) is 0 Å². The summed E-state index contributed by atoms with van der Waals surface area (Å²) >= 11 is 9.28. The van der Waals surface area contributed by atoms with Gasteiger partial charge < -0.3 is 5.32 Å². The molecule has 1 aromatic heterocycles. The Morgan fingerprint density at radius 2 is 1.94 bits per heavy atom. The average molecular weight is 326 g/mol. The van der Waals surface area contributed by atoms with Gasteiger partial charge in [0.05, 0.1) is 0 Å². The van der Waals surface area contributed by atoms with Crippen LogP contribution in [0.2, 0.25) is 5.15 Å². The van der Waals surface area contributed by atoms with Gasteiger partial charge in [0, 0.05) is 10.5 Å². The van der Waals surface area contributed by atoms with Gasteiger partial charge in [0.2, 0.25) is 0 Å². The van der Waals surface area contributed by atoms with E-state index in [1.54, 1.807) is 6.07 Å². The molecular formula is C14H14BrClN2. The molecule has 4 heteroatoms. The number of nitrogens with one attached hydrogen (secondary N) is 1. The quantitative estimate of drug-likeness (QED) is 0.835. The van der Waals surface area contributed by atoms with Crippen LogP contribution in [0.5, 0.6) is 0 Å². The van der Waals surface area contributed by atoms with Crippen LogP contribution in [0, 0.1) is 0 Å². The fraction of sp³-hybridized carbons (Fsp3) is 0.214. The molecule has 0 aliphatic carbocycles. The fourth-order valence-electron chi connectivity index (χ4n) is 1.77. The van der Waals surface area contributed by atoms with Crippen LogP contribution in [0.3, 0.4) is 0 Å². The Balaban J connectivity index is 1.96. The fourth-order valence-corrected chi connectivity index (χ4v) is 2.19. The number of hydrogen-bond acceptors (Lipinski definition) is 2. The summed E-state index contributed by atoms with van der Waals surface area (Å²) in [5.74, 6) is 0.812. The second-order valence-corrected chi connectivity index (χ2v) is 5.52. The first-order chi connectivity index (χ1) is 8.63. The first kappa shape index (κ1) is 13.4. The second kappa shape index (κ2) is 6.21. The van der Waals surface area contributed by atoms with Gasteiger partial charge in [-0.15, -0.1) is 0 Å².